The first kappa shape index (κ1) is 18.9. The Labute approximate surface area is 167 Å². The highest BCUT2D eigenvalue weighted by atomic mass is 32.1. The van der Waals surface area contributed by atoms with E-state index in [9.17, 15) is 9.18 Å². The molecule has 0 bridgehead atoms. The smallest absolute Gasteiger partial charge is 0.315 e. The van der Waals surface area contributed by atoms with Crippen molar-refractivity contribution in [3.63, 3.8) is 0 Å². The van der Waals surface area contributed by atoms with Crippen LogP contribution in [0.2, 0.25) is 0 Å². The van der Waals surface area contributed by atoms with Crippen molar-refractivity contribution in [3.8, 4) is 11.4 Å². The molecule has 1 fully saturated rings. The van der Waals surface area contributed by atoms with Crippen molar-refractivity contribution in [2.45, 2.75) is 51.0 Å². The van der Waals surface area contributed by atoms with Crippen molar-refractivity contribution in [2.24, 2.45) is 0 Å². The highest BCUT2D eigenvalue weighted by Gasteiger charge is 2.16. The van der Waals surface area contributed by atoms with Crippen LogP contribution in [-0.4, -0.2) is 33.2 Å². The summed E-state index contributed by atoms with van der Waals surface area (Å²) in [4.78, 5) is 17.3. The highest BCUT2D eigenvalue weighted by Crippen LogP contribution is 2.23. The van der Waals surface area contributed by atoms with E-state index in [0.717, 1.165) is 23.5 Å². The number of rotatable bonds is 5. The number of amides is 2. The second kappa shape index (κ2) is 8.68. The zero-order valence-electron chi connectivity index (χ0n) is 15.7. The summed E-state index contributed by atoms with van der Waals surface area (Å²) >= 11 is 1.46. The Balaban J connectivity index is 1.35. The molecular weight excluding hydrogens is 377 g/mol. The number of nitrogens with zero attached hydrogens (tertiary/aromatic N) is 3. The summed E-state index contributed by atoms with van der Waals surface area (Å²) < 4.78 is 15.7. The summed E-state index contributed by atoms with van der Waals surface area (Å²) in [6, 6.07) is 6.67. The largest absolute Gasteiger partial charge is 0.338 e. The van der Waals surface area contributed by atoms with Gasteiger partial charge >= 0.3 is 6.03 Å². The van der Waals surface area contributed by atoms with Gasteiger partial charge in [0.25, 0.3) is 0 Å². The second-order valence-electron chi connectivity index (χ2n) is 7.18. The van der Waals surface area contributed by atoms with Crippen LogP contribution in [0.5, 0.6) is 0 Å². The van der Waals surface area contributed by atoms with Gasteiger partial charge in [0.05, 0.1) is 11.3 Å². The molecule has 1 aromatic carbocycles. The van der Waals surface area contributed by atoms with E-state index in [4.69, 9.17) is 0 Å². The zero-order valence-corrected chi connectivity index (χ0v) is 16.5. The van der Waals surface area contributed by atoms with Gasteiger partial charge < -0.3 is 10.6 Å². The molecule has 0 spiro atoms. The van der Waals surface area contributed by atoms with Gasteiger partial charge in [-0.2, -0.15) is 4.98 Å². The van der Waals surface area contributed by atoms with Gasteiger partial charge in [0, 0.05) is 24.4 Å². The van der Waals surface area contributed by atoms with Crippen LogP contribution in [0, 0.1) is 5.82 Å². The molecule has 28 heavy (non-hydrogen) atoms. The lowest BCUT2D eigenvalue weighted by Crippen LogP contribution is -2.42. The molecule has 0 saturated heterocycles. The average molecular weight is 402 g/mol. The monoisotopic (exact) mass is 401 g/mol. The summed E-state index contributed by atoms with van der Waals surface area (Å²) in [6.45, 7) is 0.513. The van der Waals surface area contributed by atoms with Crippen molar-refractivity contribution in [1.29, 1.82) is 0 Å². The Bertz CT molecular complexity index is 945. The van der Waals surface area contributed by atoms with Crippen LogP contribution in [-0.2, 0) is 6.42 Å². The average Bonchev–Trinajstić information content (AvgIpc) is 3.16. The SMILES string of the molecule is O=C(NCCc1csc2nc(-c3ccccc3F)nn12)NC1CCCCCC1. The zero-order chi connectivity index (χ0) is 19.3. The number of fused-ring (bicyclic) bond motifs is 1. The molecule has 6 nitrogen and oxygen atoms in total. The molecule has 2 amide bonds. The van der Waals surface area contributed by atoms with Crippen LogP contribution in [0.25, 0.3) is 16.3 Å². The molecule has 8 heteroatoms. The summed E-state index contributed by atoms with van der Waals surface area (Å²) in [5.41, 5.74) is 1.34. The number of nitrogens with one attached hydrogen (secondary N) is 2. The molecule has 0 atom stereocenters. The van der Waals surface area contributed by atoms with Gasteiger partial charge in [0.2, 0.25) is 4.96 Å². The third kappa shape index (κ3) is 4.32. The van der Waals surface area contributed by atoms with E-state index < -0.39 is 0 Å². The number of halogens is 1. The molecule has 3 aromatic rings. The van der Waals surface area contributed by atoms with E-state index >= 15 is 0 Å². The van der Waals surface area contributed by atoms with Gasteiger partial charge in [-0.25, -0.2) is 13.7 Å². The third-order valence-electron chi connectivity index (χ3n) is 5.12. The molecule has 148 valence electrons. The second-order valence-corrected chi connectivity index (χ2v) is 8.01. The van der Waals surface area contributed by atoms with Gasteiger partial charge in [-0.15, -0.1) is 16.4 Å². The maximum atomic E-state index is 14.0. The predicted molar refractivity (Wildman–Crippen MR) is 108 cm³/mol. The van der Waals surface area contributed by atoms with Crippen molar-refractivity contribution in [3.05, 3.63) is 41.2 Å². The molecule has 2 N–H and O–H groups in total. The Morgan fingerprint density at radius 2 is 2.00 bits per heavy atom. The molecule has 0 unspecified atom stereocenters. The molecule has 0 radical (unpaired) electrons. The Kier molecular flexibility index (Phi) is 5.85. The van der Waals surface area contributed by atoms with Crippen LogP contribution in [0.15, 0.2) is 29.6 Å². The van der Waals surface area contributed by atoms with Crippen LogP contribution < -0.4 is 10.6 Å². The number of hydrogen-bond donors (Lipinski definition) is 2. The number of carbonyl (C=O) groups is 1. The summed E-state index contributed by atoms with van der Waals surface area (Å²) in [5.74, 6) is 0.0458. The fourth-order valence-electron chi connectivity index (χ4n) is 3.62. The number of benzene rings is 1. The number of aromatic nitrogens is 3. The summed E-state index contributed by atoms with van der Waals surface area (Å²) in [6.07, 6.45) is 7.68. The first-order chi connectivity index (χ1) is 13.7. The van der Waals surface area contributed by atoms with Gasteiger partial charge in [-0.1, -0.05) is 37.8 Å². The molecule has 2 aromatic heterocycles. The fourth-order valence-corrected chi connectivity index (χ4v) is 4.47. The van der Waals surface area contributed by atoms with Gasteiger partial charge in [-0.05, 0) is 25.0 Å². The molecular formula is C20H24FN5OS. The highest BCUT2D eigenvalue weighted by molar-refractivity contribution is 7.15. The molecule has 1 aliphatic rings. The number of thiazole rings is 1. The normalized spacial score (nSPS) is 15.5. The van der Waals surface area contributed by atoms with Crippen LogP contribution in [0.1, 0.15) is 44.2 Å². The minimum Gasteiger partial charge on any atom is -0.338 e. The minimum atomic E-state index is -0.334. The standard InChI is InChI=1S/C20H24FN5OS/c21-17-10-6-5-9-16(17)18-24-20-26(25-18)15(13-28-20)11-12-22-19(27)23-14-7-3-1-2-4-8-14/h5-6,9-10,13-14H,1-4,7-8,11-12H2,(H2,22,23,27). The molecule has 4 rings (SSSR count). The van der Waals surface area contributed by atoms with Crippen molar-refractivity contribution < 1.29 is 9.18 Å². The maximum absolute atomic E-state index is 14.0. The van der Waals surface area contributed by atoms with Crippen molar-refractivity contribution in [2.75, 3.05) is 6.54 Å². The summed E-state index contributed by atoms with van der Waals surface area (Å²) in [7, 11) is 0. The van der Waals surface area contributed by atoms with E-state index in [1.807, 2.05) is 5.38 Å². The molecule has 2 heterocycles. The Hall–Kier alpha value is -2.48. The predicted octanol–water partition coefficient (Wildman–Crippen LogP) is 4.16. The Morgan fingerprint density at radius 1 is 1.21 bits per heavy atom. The third-order valence-corrected chi connectivity index (χ3v) is 5.99. The minimum absolute atomic E-state index is 0.107. The quantitative estimate of drug-likeness (QED) is 0.631. The lowest BCUT2D eigenvalue weighted by atomic mass is 10.1. The van der Waals surface area contributed by atoms with Crippen LogP contribution >= 0.6 is 11.3 Å². The fraction of sp³-hybridized carbons (Fsp3) is 0.450. The topological polar surface area (TPSA) is 71.3 Å². The number of carbonyl (C=O) groups excluding carboxylic acids is 1. The first-order valence-corrected chi connectivity index (χ1v) is 10.7. The van der Waals surface area contributed by atoms with E-state index in [-0.39, 0.29) is 17.9 Å². The van der Waals surface area contributed by atoms with E-state index in [2.05, 4.69) is 20.7 Å². The lowest BCUT2D eigenvalue weighted by Gasteiger charge is -2.16. The van der Waals surface area contributed by atoms with E-state index in [1.54, 1.807) is 22.7 Å². The Morgan fingerprint density at radius 3 is 2.79 bits per heavy atom. The number of urea groups is 1. The van der Waals surface area contributed by atoms with Crippen molar-refractivity contribution >= 4 is 22.3 Å². The van der Waals surface area contributed by atoms with Gasteiger partial charge in [-0.3, -0.25) is 0 Å². The van der Waals surface area contributed by atoms with Gasteiger partial charge in [0.1, 0.15) is 5.82 Å². The lowest BCUT2D eigenvalue weighted by molar-refractivity contribution is 0.235. The van der Waals surface area contributed by atoms with Crippen molar-refractivity contribution in [1.82, 2.24) is 25.2 Å². The van der Waals surface area contributed by atoms with Crippen LogP contribution in [0.4, 0.5) is 9.18 Å². The maximum Gasteiger partial charge on any atom is 0.315 e. The van der Waals surface area contributed by atoms with E-state index in [1.165, 1.54) is 43.1 Å². The number of hydrogen-bond acceptors (Lipinski definition) is 4. The summed E-state index contributed by atoms with van der Waals surface area (Å²) in [5, 5.41) is 12.4. The van der Waals surface area contributed by atoms with E-state index in [0.29, 0.717) is 24.4 Å². The molecule has 1 saturated carbocycles. The van der Waals surface area contributed by atoms with Crippen LogP contribution in [0.3, 0.4) is 0 Å². The first-order valence-electron chi connectivity index (χ1n) is 9.83. The van der Waals surface area contributed by atoms with Gasteiger partial charge in [0.15, 0.2) is 5.82 Å². The molecule has 1 aliphatic carbocycles. The molecule has 0 aliphatic heterocycles.